The van der Waals surface area contributed by atoms with Gasteiger partial charge in [-0.1, -0.05) is 25.6 Å². The van der Waals surface area contributed by atoms with Gasteiger partial charge in [0, 0.05) is 28.0 Å². The zero-order chi connectivity index (χ0) is 20.4. The normalized spacial score (nSPS) is 13.2. The van der Waals surface area contributed by atoms with E-state index in [-0.39, 0.29) is 0 Å². The first-order chi connectivity index (χ1) is 14.0. The molecular weight excluding hydrogens is 499 g/mol. The van der Waals surface area contributed by atoms with Gasteiger partial charge in [-0.05, 0) is 59.2 Å². The minimum absolute atomic E-state index is 0.412. The molecule has 0 saturated carbocycles. The number of anilines is 1. The quantitative estimate of drug-likeness (QED) is 0.343. The van der Waals surface area contributed by atoms with Crippen LogP contribution < -0.4 is 15.8 Å². The number of hydrogen-bond donors (Lipinski definition) is 2. The second-order valence-electron chi connectivity index (χ2n) is 7.50. The molecule has 1 aliphatic rings. The lowest BCUT2D eigenvalue weighted by Gasteiger charge is -2.11. The van der Waals surface area contributed by atoms with E-state index in [1.54, 1.807) is 11.8 Å². The number of benzene rings is 1. The highest BCUT2D eigenvalue weighted by Crippen LogP contribution is 2.38. The maximum absolute atomic E-state index is 6.07. The van der Waals surface area contributed by atoms with Gasteiger partial charge in [-0.3, -0.25) is 0 Å². The van der Waals surface area contributed by atoms with Gasteiger partial charge in [0.1, 0.15) is 12.1 Å². The van der Waals surface area contributed by atoms with Gasteiger partial charge in [0.05, 0.1) is 6.61 Å². The number of halogens is 1. The number of hydrogen-bond acceptors (Lipinski definition) is 7. The predicted molar refractivity (Wildman–Crippen MR) is 125 cm³/mol. The maximum Gasteiger partial charge on any atom is 0.175 e. The van der Waals surface area contributed by atoms with E-state index >= 15 is 0 Å². The SMILES string of the molecule is CC(C)CCNCCn1c(Sc2cc3c(cc2I)CCO3)nc2c(N)ncnc21. The highest BCUT2D eigenvalue weighted by atomic mass is 127. The van der Waals surface area contributed by atoms with Crippen LogP contribution in [-0.2, 0) is 13.0 Å². The van der Waals surface area contributed by atoms with Crippen molar-refractivity contribution in [1.29, 1.82) is 0 Å². The Hall–Kier alpha value is -1.59. The molecule has 29 heavy (non-hydrogen) atoms. The number of rotatable bonds is 8. The fourth-order valence-corrected chi connectivity index (χ4v) is 5.08. The Morgan fingerprint density at radius 2 is 2.17 bits per heavy atom. The molecule has 0 fully saturated rings. The molecule has 0 unspecified atom stereocenters. The molecule has 3 N–H and O–H groups in total. The fourth-order valence-electron chi connectivity index (χ4n) is 3.27. The second-order valence-corrected chi connectivity index (χ2v) is 9.67. The highest BCUT2D eigenvalue weighted by Gasteiger charge is 2.20. The van der Waals surface area contributed by atoms with Crippen molar-refractivity contribution in [1.82, 2.24) is 24.8 Å². The smallest absolute Gasteiger partial charge is 0.175 e. The average Bonchev–Trinajstić information content (AvgIpc) is 3.27. The third-order valence-electron chi connectivity index (χ3n) is 4.88. The van der Waals surface area contributed by atoms with E-state index in [2.05, 4.69) is 68.4 Å². The summed E-state index contributed by atoms with van der Waals surface area (Å²) in [7, 11) is 0. The van der Waals surface area contributed by atoms with Gasteiger partial charge in [0.25, 0.3) is 0 Å². The fraction of sp³-hybridized carbons (Fsp3) is 0.450. The number of ether oxygens (including phenoxy) is 1. The Labute approximate surface area is 188 Å². The summed E-state index contributed by atoms with van der Waals surface area (Å²) in [5.41, 5.74) is 8.78. The molecule has 2 aromatic heterocycles. The molecule has 154 valence electrons. The molecule has 0 amide bonds. The van der Waals surface area contributed by atoms with Crippen LogP contribution in [-0.4, -0.2) is 39.2 Å². The first kappa shape index (κ1) is 20.7. The number of aromatic nitrogens is 4. The Bertz CT molecular complexity index is 1020. The molecule has 0 saturated heterocycles. The number of fused-ring (bicyclic) bond motifs is 2. The third kappa shape index (κ3) is 4.61. The van der Waals surface area contributed by atoms with Crippen LogP contribution in [0, 0.1) is 9.49 Å². The lowest BCUT2D eigenvalue weighted by atomic mass is 10.1. The molecule has 0 radical (unpaired) electrons. The van der Waals surface area contributed by atoms with Crippen LogP contribution in [0.1, 0.15) is 25.8 Å². The number of nitrogens with zero attached hydrogens (tertiary/aromatic N) is 4. The van der Waals surface area contributed by atoms with E-state index in [4.69, 9.17) is 15.5 Å². The van der Waals surface area contributed by atoms with E-state index in [0.29, 0.717) is 17.3 Å². The van der Waals surface area contributed by atoms with Crippen LogP contribution >= 0.6 is 34.4 Å². The molecule has 3 heterocycles. The summed E-state index contributed by atoms with van der Waals surface area (Å²) in [5, 5.41) is 4.39. The van der Waals surface area contributed by atoms with Gasteiger partial charge in [-0.25, -0.2) is 15.0 Å². The molecule has 0 atom stereocenters. The first-order valence-electron chi connectivity index (χ1n) is 9.83. The van der Waals surface area contributed by atoms with Crippen molar-refractivity contribution in [2.45, 2.75) is 43.3 Å². The summed E-state index contributed by atoms with van der Waals surface area (Å²) >= 11 is 4.01. The third-order valence-corrected chi connectivity index (χ3v) is 7.19. The summed E-state index contributed by atoms with van der Waals surface area (Å²) in [5.74, 6) is 2.08. The molecule has 0 aliphatic carbocycles. The molecule has 1 aliphatic heterocycles. The zero-order valence-corrected chi connectivity index (χ0v) is 19.6. The van der Waals surface area contributed by atoms with Crippen LogP contribution in [0.15, 0.2) is 28.5 Å². The van der Waals surface area contributed by atoms with Crippen molar-refractivity contribution < 1.29 is 4.74 Å². The summed E-state index contributed by atoms with van der Waals surface area (Å²) in [4.78, 5) is 14.5. The number of nitrogens with one attached hydrogen (secondary N) is 1. The van der Waals surface area contributed by atoms with Gasteiger partial charge >= 0.3 is 0 Å². The van der Waals surface area contributed by atoms with Crippen molar-refractivity contribution in [3.63, 3.8) is 0 Å². The van der Waals surface area contributed by atoms with Gasteiger partial charge in [0.15, 0.2) is 22.1 Å². The Balaban J connectivity index is 1.60. The molecule has 9 heteroatoms. The highest BCUT2D eigenvalue weighted by molar-refractivity contribution is 14.1. The van der Waals surface area contributed by atoms with E-state index in [0.717, 1.165) is 60.5 Å². The van der Waals surface area contributed by atoms with E-state index < -0.39 is 0 Å². The molecule has 4 rings (SSSR count). The van der Waals surface area contributed by atoms with Crippen LogP contribution in [0.2, 0.25) is 0 Å². The summed E-state index contributed by atoms with van der Waals surface area (Å²) < 4.78 is 9.08. The standard InChI is InChI=1S/C20H25IN6OS/c1-12(2)3-5-23-6-7-27-19-17(18(22)24-11-25-19)26-20(27)29-16-10-15-13(4-8-28-15)9-14(16)21/h9-12,23H,3-8H2,1-2H3,(H2,22,24,25). The molecule has 0 spiro atoms. The predicted octanol–water partition coefficient (Wildman–Crippen LogP) is 3.73. The van der Waals surface area contributed by atoms with Crippen molar-refractivity contribution in [3.05, 3.63) is 27.6 Å². The molecule has 0 bridgehead atoms. The lowest BCUT2D eigenvalue weighted by molar-refractivity contribution is 0.356. The van der Waals surface area contributed by atoms with Crippen LogP contribution in [0.3, 0.4) is 0 Å². The number of nitrogens with two attached hydrogens (primary N) is 1. The molecule has 1 aromatic carbocycles. The Morgan fingerprint density at radius 1 is 1.31 bits per heavy atom. The first-order valence-corrected chi connectivity index (χ1v) is 11.7. The minimum atomic E-state index is 0.412. The number of imidazole rings is 1. The van der Waals surface area contributed by atoms with E-state index in [1.807, 2.05) is 0 Å². The van der Waals surface area contributed by atoms with E-state index in [1.165, 1.54) is 15.5 Å². The summed E-state index contributed by atoms with van der Waals surface area (Å²) in [6.45, 7) is 7.85. The minimum Gasteiger partial charge on any atom is -0.493 e. The molecular formula is C20H25IN6OS. The van der Waals surface area contributed by atoms with Crippen LogP contribution in [0.5, 0.6) is 5.75 Å². The Morgan fingerprint density at radius 3 is 3.00 bits per heavy atom. The van der Waals surface area contributed by atoms with Gasteiger partial charge in [0.2, 0.25) is 0 Å². The van der Waals surface area contributed by atoms with Crippen molar-refractivity contribution in [3.8, 4) is 5.75 Å². The topological polar surface area (TPSA) is 90.9 Å². The van der Waals surface area contributed by atoms with Gasteiger partial charge in [-0.15, -0.1) is 0 Å². The van der Waals surface area contributed by atoms with E-state index in [9.17, 15) is 0 Å². The Kier molecular flexibility index (Phi) is 6.45. The molecule has 7 nitrogen and oxygen atoms in total. The maximum atomic E-state index is 6.07. The largest absolute Gasteiger partial charge is 0.493 e. The summed E-state index contributed by atoms with van der Waals surface area (Å²) in [6, 6.07) is 4.33. The second kappa shape index (κ2) is 9.05. The number of nitrogen functional groups attached to an aromatic ring is 1. The average molecular weight is 524 g/mol. The summed E-state index contributed by atoms with van der Waals surface area (Å²) in [6.07, 6.45) is 3.64. The van der Waals surface area contributed by atoms with Crippen molar-refractivity contribution >= 4 is 51.3 Å². The van der Waals surface area contributed by atoms with Gasteiger partial charge < -0.3 is 20.4 Å². The zero-order valence-electron chi connectivity index (χ0n) is 16.6. The van der Waals surface area contributed by atoms with Crippen LogP contribution in [0.25, 0.3) is 11.2 Å². The monoisotopic (exact) mass is 524 g/mol. The lowest BCUT2D eigenvalue weighted by Crippen LogP contribution is -2.22. The van der Waals surface area contributed by atoms with Crippen molar-refractivity contribution in [2.24, 2.45) is 5.92 Å². The molecule has 3 aromatic rings. The van der Waals surface area contributed by atoms with Crippen molar-refractivity contribution in [2.75, 3.05) is 25.4 Å². The van der Waals surface area contributed by atoms with Crippen LogP contribution in [0.4, 0.5) is 5.82 Å². The van der Waals surface area contributed by atoms with Gasteiger partial charge in [-0.2, -0.15) is 0 Å².